The molecule has 0 unspecified atom stereocenters. The second kappa shape index (κ2) is 5.72. The second-order valence-electron chi connectivity index (χ2n) is 8.34. The van der Waals surface area contributed by atoms with Gasteiger partial charge in [-0.2, -0.15) is 8.42 Å². The van der Waals surface area contributed by atoms with Crippen LogP contribution in [0.1, 0.15) is 56.1 Å². The standard InChI is InChI=1S/C20H25NO4S/c1-3-20(25-26(21,23)24)11-9-18-17-6-4-13-12-14(22)5-7-15(13)16(17)8-10-19(18,20)2/h1,5,7,12,16-18,22H,4,6,8-11H2,2H3,(H2,21,23,24)/t16-,17-,18+,19+,20+/m1/s1. The van der Waals surface area contributed by atoms with E-state index in [9.17, 15) is 13.5 Å². The lowest BCUT2D eigenvalue weighted by Gasteiger charge is -2.52. The Morgan fingerprint density at radius 2 is 2.08 bits per heavy atom. The molecule has 6 heteroatoms. The highest BCUT2D eigenvalue weighted by molar-refractivity contribution is 7.84. The first-order chi connectivity index (χ1) is 12.2. The van der Waals surface area contributed by atoms with Gasteiger partial charge in [0.05, 0.1) is 0 Å². The fourth-order valence-corrected chi connectivity index (χ4v) is 6.88. The van der Waals surface area contributed by atoms with E-state index in [1.807, 2.05) is 12.1 Å². The van der Waals surface area contributed by atoms with Crippen molar-refractivity contribution in [2.45, 2.75) is 57.0 Å². The Morgan fingerprint density at radius 3 is 2.77 bits per heavy atom. The van der Waals surface area contributed by atoms with Gasteiger partial charge in [0, 0.05) is 5.41 Å². The highest BCUT2D eigenvalue weighted by Crippen LogP contribution is 2.65. The van der Waals surface area contributed by atoms with Gasteiger partial charge in [-0.15, -0.1) is 6.42 Å². The van der Waals surface area contributed by atoms with Crippen LogP contribution in [0.15, 0.2) is 18.2 Å². The fourth-order valence-electron chi connectivity index (χ4n) is 6.16. The molecular formula is C20H25NO4S. The van der Waals surface area contributed by atoms with Gasteiger partial charge in [-0.3, -0.25) is 0 Å². The second-order valence-corrected chi connectivity index (χ2v) is 9.49. The molecule has 26 heavy (non-hydrogen) atoms. The summed E-state index contributed by atoms with van der Waals surface area (Å²) in [5.74, 6) is 4.18. The highest BCUT2D eigenvalue weighted by Gasteiger charge is 2.63. The van der Waals surface area contributed by atoms with E-state index in [1.165, 1.54) is 11.1 Å². The number of aromatic hydroxyl groups is 1. The maximum Gasteiger partial charge on any atom is 0.334 e. The number of nitrogens with two attached hydrogens (primary N) is 1. The van der Waals surface area contributed by atoms with Crippen LogP contribution in [0.2, 0.25) is 0 Å². The lowest BCUT2D eigenvalue weighted by atomic mass is 9.53. The number of terminal acetylenes is 1. The average Bonchev–Trinajstić information content (AvgIpc) is 2.86. The summed E-state index contributed by atoms with van der Waals surface area (Å²) in [6.45, 7) is 2.08. The minimum absolute atomic E-state index is 0.306. The van der Waals surface area contributed by atoms with Crippen LogP contribution in [0.25, 0.3) is 0 Å². The molecule has 2 saturated carbocycles. The molecule has 0 radical (unpaired) electrons. The van der Waals surface area contributed by atoms with Crippen LogP contribution < -0.4 is 5.14 Å². The average molecular weight is 375 g/mol. The van der Waals surface area contributed by atoms with E-state index in [0.29, 0.717) is 29.9 Å². The molecule has 0 amide bonds. The Morgan fingerprint density at radius 1 is 1.31 bits per heavy atom. The van der Waals surface area contributed by atoms with Gasteiger partial charge in [-0.05, 0) is 79.5 Å². The Labute approximate surface area is 155 Å². The van der Waals surface area contributed by atoms with Crippen LogP contribution in [-0.4, -0.2) is 19.1 Å². The highest BCUT2D eigenvalue weighted by atomic mass is 32.2. The van der Waals surface area contributed by atoms with E-state index in [-0.39, 0.29) is 0 Å². The zero-order chi connectivity index (χ0) is 18.7. The summed E-state index contributed by atoms with van der Waals surface area (Å²) >= 11 is 0. The van der Waals surface area contributed by atoms with Gasteiger partial charge in [-0.1, -0.05) is 18.9 Å². The molecule has 1 aromatic rings. The molecule has 0 saturated heterocycles. The number of rotatable bonds is 2. The van der Waals surface area contributed by atoms with Gasteiger partial charge in [0.1, 0.15) is 5.75 Å². The van der Waals surface area contributed by atoms with Crippen molar-refractivity contribution < 1.29 is 17.7 Å². The summed E-state index contributed by atoms with van der Waals surface area (Å²) in [4.78, 5) is 0. The first-order valence-corrected chi connectivity index (χ1v) is 10.7. The Bertz CT molecular complexity index is 890. The van der Waals surface area contributed by atoms with Gasteiger partial charge in [0.2, 0.25) is 0 Å². The lowest BCUT2D eigenvalue weighted by Crippen LogP contribution is -2.52. The smallest absolute Gasteiger partial charge is 0.334 e. The summed E-state index contributed by atoms with van der Waals surface area (Å²) in [5, 5.41) is 15.0. The van der Waals surface area contributed by atoms with E-state index in [1.54, 1.807) is 6.07 Å². The summed E-state index contributed by atoms with van der Waals surface area (Å²) < 4.78 is 28.7. The minimum Gasteiger partial charge on any atom is -0.508 e. The topological polar surface area (TPSA) is 89.6 Å². The number of hydrogen-bond acceptors (Lipinski definition) is 4. The maximum atomic E-state index is 11.7. The monoisotopic (exact) mass is 375 g/mol. The molecule has 0 aliphatic heterocycles. The van der Waals surface area contributed by atoms with Gasteiger partial charge in [-0.25, -0.2) is 9.32 Å². The predicted octanol–water partition coefficient (Wildman–Crippen LogP) is 2.84. The number of phenols is 1. The van der Waals surface area contributed by atoms with E-state index < -0.39 is 21.3 Å². The molecule has 3 aliphatic rings. The minimum atomic E-state index is -4.12. The SMILES string of the molecule is C#C[C@]1(OS(N)(=O)=O)CC[C@H]2[C@@H]3CCc4cc(O)ccc4[C@H]3CC[C@@]21C. The third-order valence-electron chi connectivity index (χ3n) is 7.32. The van der Waals surface area contributed by atoms with Gasteiger partial charge in [0.25, 0.3) is 0 Å². The van der Waals surface area contributed by atoms with E-state index in [0.717, 1.165) is 32.1 Å². The molecule has 140 valence electrons. The Balaban J connectivity index is 1.71. The molecular weight excluding hydrogens is 350 g/mol. The van der Waals surface area contributed by atoms with Crippen molar-refractivity contribution in [3.8, 4) is 18.1 Å². The lowest BCUT2D eigenvalue weighted by molar-refractivity contribution is -0.0461. The molecule has 5 nitrogen and oxygen atoms in total. The Kier molecular flexibility index (Phi) is 3.93. The molecule has 1 aromatic carbocycles. The van der Waals surface area contributed by atoms with Crippen molar-refractivity contribution in [2.24, 2.45) is 22.4 Å². The predicted molar refractivity (Wildman–Crippen MR) is 98.5 cm³/mol. The van der Waals surface area contributed by atoms with E-state index in [2.05, 4.69) is 12.8 Å². The zero-order valence-corrected chi connectivity index (χ0v) is 15.8. The van der Waals surface area contributed by atoms with Crippen LogP contribution in [0, 0.1) is 29.6 Å². The molecule has 0 aromatic heterocycles. The number of aryl methyl sites for hydroxylation is 1. The van der Waals surface area contributed by atoms with Crippen LogP contribution in [-0.2, 0) is 20.9 Å². The first-order valence-electron chi connectivity index (χ1n) is 9.22. The normalized spacial score (nSPS) is 38.7. The molecule has 0 spiro atoms. The summed E-state index contributed by atoms with van der Waals surface area (Å²) in [6, 6.07) is 5.69. The zero-order valence-electron chi connectivity index (χ0n) is 14.9. The number of fused-ring (bicyclic) bond motifs is 5. The van der Waals surface area contributed by atoms with Crippen LogP contribution in [0.4, 0.5) is 0 Å². The van der Waals surface area contributed by atoms with Crippen LogP contribution in [0.3, 0.4) is 0 Å². The molecule has 3 aliphatic carbocycles. The van der Waals surface area contributed by atoms with Gasteiger partial charge in [0.15, 0.2) is 5.60 Å². The van der Waals surface area contributed by atoms with E-state index in [4.69, 9.17) is 15.7 Å². The molecule has 0 heterocycles. The number of benzene rings is 1. The third kappa shape index (κ3) is 2.49. The van der Waals surface area contributed by atoms with Gasteiger partial charge < -0.3 is 5.11 Å². The number of phenolic OH excluding ortho intramolecular Hbond substituents is 1. The largest absolute Gasteiger partial charge is 0.508 e. The molecule has 4 rings (SSSR count). The summed E-state index contributed by atoms with van der Waals surface area (Å²) in [6.07, 6.45) is 10.9. The molecule has 0 bridgehead atoms. The van der Waals surface area contributed by atoms with Crippen molar-refractivity contribution in [2.75, 3.05) is 0 Å². The first kappa shape index (κ1) is 17.8. The van der Waals surface area contributed by atoms with Crippen molar-refractivity contribution in [3.63, 3.8) is 0 Å². The van der Waals surface area contributed by atoms with Crippen molar-refractivity contribution in [3.05, 3.63) is 29.3 Å². The van der Waals surface area contributed by atoms with Crippen LogP contribution in [0.5, 0.6) is 5.75 Å². The molecule has 3 N–H and O–H groups in total. The fraction of sp³-hybridized carbons (Fsp3) is 0.600. The van der Waals surface area contributed by atoms with Crippen LogP contribution >= 0.6 is 0 Å². The van der Waals surface area contributed by atoms with Gasteiger partial charge >= 0.3 is 10.3 Å². The molecule has 5 atom stereocenters. The summed E-state index contributed by atoms with van der Waals surface area (Å²) in [5.41, 5.74) is 1.01. The molecule has 2 fully saturated rings. The Hall–Kier alpha value is -1.55. The van der Waals surface area contributed by atoms with Crippen molar-refractivity contribution in [1.29, 1.82) is 0 Å². The van der Waals surface area contributed by atoms with Crippen molar-refractivity contribution in [1.82, 2.24) is 0 Å². The third-order valence-corrected chi connectivity index (χ3v) is 7.84. The maximum absolute atomic E-state index is 11.7. The quantitative estimate of drug-likeness (QED) is 0.778. The van der Waals surface area contributed by atoms with Crippen molar-refractivity contribution >= 4 is 10.3 Å². The summed E-state index contributed by atoms with van der Waals surface area (Å²) in [7, 11) is -4.12. The number of hydrogen-bond donors (Lipinski definition) is 2. The van der Waals surface area contributed by atoms with E-state index >= 15 is 0 Å².